The first-order chi connectivity index (χ1) is 10.7. The highest BCUT2D eigenvalue weighted by Gasteiger charge is 2.22. The zero-order chi connectivity index (χ0) is 17.5. The van der Waals surface area contributed by atoms with Crippen LogP contribution >= 0.6 is 0 Å². The van der Waals surface area contributed by atoms with Gasteiger partial charge in [-0.3, -0.25) is 24.1 Å². The van der Waals surface area contributed by atoms with Crippen molar-refractivity contribution in [3.8, 4) is 0 Å². The average molecular weight is 322 g/mol. The number of carbonyl (C=O) groups is 4. The van der Waals surface area contributed by atoms with E-state index in [1.54, 1.807) is 0 Å². The molecule has 3 amide bonds. The lowest BCUT2D eigenvalue weighted by Gasteiger charge is -2.16. The summed E-state index contributed by atoms with van der Waals surface area (Å²) < 4.78 is 0. The largest absolute Gasteiger partial charge is 0.356 e. The van der Waals surface area contributed by atoms with Crippen molar-refractivity contribution in [3.63, 3.8) is 0 Å². The summed E-state index contributed by atoms with van der Waals surface area (Å²) in [6.07, 6.45) is 5.44. The highest BCUT2D eigenvalue weighted by atomic mass is 16.2. The maximum absolute atomic E-state index is 11.7. The molecule has 1 N–H and O–H groups in total. The molecule has 1 heterocycles. The van der Waals surface area contributed by atoms with Crippen molar-refractivity contribution in [2.45, 2.75) is 52.9 Å². The van der Waals surface area contributed by atoms with Crippen molar-refractivity contribution in [1.29, 1.82) is 0 Å². The van der Waals surface area contributed by atoms with Gasteiger partial charge in [0.25, 0.3) is 11.8 Å². The Morgan fingerprint density at radius 3 is 2.17 bits per heavy atom. The smallest absolute Gasteiger partial charge is 0.253 e. The molecule has 0 aromatic carbocycles. The summed E-state index contributed by atoms with van der Waals surface area (Å²) in [4.78, 5) is 47.2. The zero-order valence-corrected chi connectivity index (χ0v) is 14.2. The van der Waals surface area contributed by atoms with Crippen molar-refractivity contribution in [2.75, 3.05) is 13.1 Å². The van der Waals surface area contributed by atoms with Crippen LogP contribution in [-0.2, 0) is 19.2 Å². The fourth-order valence-electron chi connectivity index (χ4n) is 2.16. The predicted molar refractivity (Wildman–Crippen MR) is 86.4 cm³/mol. The first kappa shape index (κ1) is 19.1. The van der Waals surface area contributed by atoms with Gasteiger partial charge in [-0.15, -0.1) is 0 Å². The molecule has 0 fully saturated rings. The van der Waals surface area contributed by atoms with E-state index in [1.165, 1.54) is 17.1 Å². The molecule has 0 bridgehead atoms. The molecule has 0 saturated heterocycles. The van der Waals surface area contributed by atoms with Crippen LogP contribution < -0.4 is 5.32 Å². The number of hydrogen-bond donors (Lipinski definition) is 1. The van der Waals surface area contributed by atoms with E-state index >= 15 is 0 Å². The normalized spacial score (nSPS) is 14.5. The number of carbonyl (C=O) groups excluding carboxylic acids is 4. The van der Waals surface area contributed by atoms with E-state index in [-0.39, 0.29) is 28.9 Å². The Balaban J connectivity index is 2.05. The molecule has 128 valence electrons. The Labute approximate surface area is 137 Å². The van der Waals surface area contributed by atoms with E-state index in [0.717, 1.165) is 6.42 Å². The highest BCUT2D eigenvalue weighted by molar-refractivity contribution is 6.12. The molecule has 0 aromatic heterocycles. The van der Waals surface area contributed by atoms with Crippen molar-refractivity contribution in [3.05, 3.63) is 12.2 Å². The molecule has 1 rings (SSSR count). The molecular weight excluding hydrogens is 296 g/mol. The second-order valence-electron chi connectivity index (χ2n) is 6.75. The minimum Gasteiger partial charge on any atom is -0.356 e. The third-order valence-corrected chi connectivity index (χ3v) is 3.70. The molecule has 1 aliphatic rings. The topological polar surface area (TPSA) is 83.6 Å². The Bertz CT molecular complexity index is 485. The van der Waals surface area contributed by atoms with Gasteiger partial charge >= 0.3 is 0 Å². The van der Waals surface area contributed by atoms with E-state index < -0.39 is 0 Å². The number of hydrogen-bond acceptors (Lipinski definition) is 4. The van der Waals surface area contributed by atoms with Crippen molar-refractivity contribution in [2.24, 2.45) is 5.41 Å². The molecule has 0 aromatic rings. The Kier molecular flexibility index (Phi) is 7.13. The lowest BCUT2D eigenvalue weighted by atomic mass is 9.89. The van der Waals surface area contributed by atoms with E-state index in [0.29, 0.717) is 38.8 Å². The predicted octanol–water partition coefficient (Wildman–Crippen LogP) is 1.59. The van der Waals surface area contributed by atoms with Crippen LogP contribution in [0.5, 0.6) is 0 Å². The first-order valence-electron chi connectivity index (χ1n) is 8.05. The maximum Gasteiger partial charge on any atom is 0.253 e. The number of imide groups is 1. The SMILES string of the molecule is CC(C)(C)C(=O)CCNC(=O)CCCCCN1C(=O)C=CC1=O. The lowest BCUT2D eigenvalue weighted by molar-refractivity contribution is -0.137. The number of unbranched alkanes of at least 4 members (excludes halogenated alkanes) is 2. The molecule has 23 heavy (non-hydrogen) atoms. The van der Waals surface area contributed by atoms with Gasteiger partial charge in [0.05, 0.1) is 0 Å². The van der Waals surface area contributed by atoms with Gasteiger partial charge in [-0.25, -0.2) is 0 Å². The van der Waals surface area contributed by atoms with Crippen LogP contribution in [0, 0.1) is 5.41 Å². The van der Waals surface area contributed by atoms with Crippen molar-refractivity contribution in [1.82, 2.24) is 10.2 Å². The fourth-order valence-corrected chi connectivity index (χ4v) is 2.16. The minimum atomic E-state index is -0.371. The molecule has 0 radical (unpaired) electrons. The van der Waals surface area contributed by atoms with Gasteiger partial charge in [-0.1, -0.05) is 27.2 Å². The lowest BCUT2D eigenvalue weighted by Crippen LogP contribution is -2.31. The van der Waals surface area contributed by atoms with Gasteiger partial charge in [0, 0.05) is 43.5 Å². The van der Waals surface area contributed by atoms with Gasteiger partial charge in [0.15, 0.2) is 0 Å². The van der Waals surface area contributed by atoms with Crippen LogP contribution in [0.4, 0.5) is 0 Å². The summed E-state index contributed by atoms with van der Waals surface area (Å²) in [7, 11) is 0. The number of rotatable bonds is 9. The summed E-state index contributed by atoms with van der Waals surface area (Å²) in [5.74, 6) is -0.472. The summed E-state index contributed by atoms with van der Waals surface area (Å²) in [5, 5.41) is 2.74. The summed E-state index contributed by atoms with van der Waals surface area (Å²) in [6, 6.07) is 0. The second-order valence-corrected chi connectivity index (χ2v) is 6.75. The van der Waals surface area contributed by atoms with Crippen molar-refractivity contribution >= 4 is 23.5 Å². The van der Waals surface area contributed by atoms with Crippen LogP contribution in [0.2, 0.25) is 0 Å². The summed E-state index contributed by atoms with van der Waals surface area (Å²) in [5.41, 5.74) is -0.371. The third-order valence-electron chi connectivity index (χ3n) is 3.70. The Morgan fingerprint density at radius 2 is 1.61 bits per heavy atom. The number of ketones is 1. The first-order valence-corrected chi connectivity index (χ1v) is 8.05. The van der Waals surface area contributed by atoms with E-state index in [9.17, 15) is 19.2 Å². The molecule has 0 spiro atoms. The standard InChI is InChI=1S/C17H26N2O4/c1-17(2,3)13(20)10-11-18-14(21)7-5-4-6-12-19-15(22)8-9-16(19)23/h8-9H,4-7,10-12H2,1-3H3,(H,18,21). The van der Waals surface area contributed by atoms with E-state index in [1.807, 2.05) is 20.8 Å². The number of nitrogens with one attached hydrogen (secondary N) is 1. The van der Waals surface area contributed by atoms with Gasteiger partial charge in [0.2, 0.25) is 5.91 Å². The van der Waals surface area contributed by atoms with Crippen LogP contribution in [0.1, 0.15) is 52.9 Å². The van der Waals surface area contributed by atoms with Gasteiger partial charge in [0.1, 0.15) is 5.78 Å². The van der Waals surface area contributed by atoms with Crippen LogP contribution in [0.25, 0.3) is 0 Å². The number of nitrogens with zero attached hydrogens (tertiary/aromatic N) is 1. The van der Waals surface area contributed by atoms with Crippen LogP contribution in [-0.4, -0.2) is 41.5 Å². The summed E-state index contributed by atoms with van der Waals surface area (Å²) in [6.45, 7) is 6.36. The van der Waals surface area contributed by atoms with Crippen LogP contribution in [0.15, 0.2) is 12.2 Å². The molecule has 6 heteroatoms. The molecular formula is C17H26N2O4. The number of amides is 3. The van der Waals surface area contributed by atoms with E-state index in [2.05, 4.69) is 5.32 Å². The Hall–Kier alpha value is -1.98. The fraction of sp³-hybridized carbons (Fsp3) is 0.647. The average Bonchev–Trinajstić information content (AvgIpc) is 2.77. The molecule has 1 aliphatic heterocycles. The quantitative estimate of drug-likeness (QED) is 0.516. The molecule has 0 atom stereocenters. The third kappa shape index (κ3) is 6.76. The van der Waals surface area contributed by atoms with Crippen LogP contribution in [0.3, 0.4) is 0 Å². The Morgan fingerprint density at radius 1 is 1.00 bits per heavy atom. The molecule has 0 unspecified atom stereocenters. The highest BCUT2D eigenvalue weighted by Crippen LogP contribution is 2.16. The molecule has 0 saturated carbocycles. The van der Waals surface area contributed by atoms with Crippen molar-refractivity contribution < 1.29 is 19.2 Å². The zero-order valence-electron chi connectivity index (χ0n) is 14.2. The maximum atomic E-state index is 11.7. The monoisotopic (exact) mass is 322 g/mol. The number of Topliss-reactive ketones (excluding diaryl/α,β-unsaturated/α-hetero) is 1. The van der Waals surface area contributed by atoms with E-state index in [4.69, 9.17) is 0 Å². The van der Waals surface area contributed by atoms with Gasteiger partial charge in [-0.05, 0) is 12.8 Å². The minimum absolute atomic E-state index is 0.0679. The second kappa shape index (κ2) is 8.60. The van der Waals surface area contributed by atoms with Gasteiger partial charge in [-0.2, -0.15) is 0 Å². The molecule has 6 nitrogen and oxygen atoms in total. The summed E-state index contributed by atoms with van der Waals surface area (Å²) >= 11 is 0. The van der Waals surface area contributed by atoms with Gasteiger partial charge < -0.3 is 5.32 Å². The molecule has 0 aliphatic carbocycles.